The normalized spacial score (nSPS) is 43.7. The quantitative estimate of drug-likeness (QED) is 0.570. The summed E-state index contributed by atoms with van der Waals surface area (Å²) in [5.41, 5.74) is 3.98. The fraction of sp³-hybridized carbons (Fsp3) is 0.852. The zero-order chi connectivity index (χ0) is 21.0. The average Bonchev–Trinajstić information content (AvgIpc) is 3.03. The lowest BCUT2D eigenvalue weighted by molar-refractivity contribution is 0.0288. The van der Waals surface area contributed by atoms with Gasteiger partial charge in [-0.25, -0.2) is 0 Å². The molecule has 4 aliphatic rings. The Hall–Kier alpha value is -0.600. The Morgan fingerprint density at radius 2 is 1.72 bits per heavy atom. The highest BCUT2D eigenvalue weighted by Gasteiger charge is 2.56. The van der Waals surface area contributed by atoms with Gasteiger partial charge in [-0.1, -0.05) is 57.9 Å². The summed E-state index contributed by atoms with van der Waals surface area (Å²) in [6.07, 6.45) is 15.1. The number of fused-ring (bicyclic) bond motifs is 5. The maximum atomic E-state index is 10.3. The van der Waals surface area contributed by atoms with Crippen LogP contribution in [0.5, 0.6) is 0 Å². The van der Waals surface area contributed by atoms with E-state index < -0.39 is 0 Å². The molecule has 0 radical (unpaired) electrons. The number of hydrogen-bond acceptors (Lipinski definition) is 2. The van der Waals surface area contributed by atoms with Crippen molar-refractivity contribution in [1.29, 1.82) is 0 Å². The van der Waals surface area contributed by atoms with Crippen LogP contribution in [0.2, 0.25) is 0 Å². The predicted molar refractivity (Wildman–Crippen MR) is 120 cm³/mol. The van der Waals surface area contributed by atoms with Crippen molar-refractivity contribution in [3.8, 4) is 0 Å². The van der Waals surface area contributed by atoms with Crippen LogP contribution in [0.1, 0.15) is 92.4 Å². The van der Waals surface area contributed by atoms with Gasteiger partial charge >= 0.3 is 0 Å². The van der Waals surface area contributed by atoms with E-state index in [0.29, 0.717) is 23.2 Å². The molecule has 0 aliphatic heterocycles. The summed E-state index contributed by atoms with van der Waals surface area (Å²) in [4.78, 5) is 0. The number of rotatable bonds is 5. The Bertz CT molecular complexity index is 676. The maximum Gasteiger partial charge on any atom is 0.0578 e. The van der Waals surface area contributed by atoms with Gasteiger partial charge in [0.2, 0.25) is 0 Å². The zero-order valence-corrected chi connectivity index (χ0v) is 19.5. The molecule has 3 saturated carbocycles. The molecule has 0 spiro atoms. The van der Waals surface area contributed by atoms with E-state index in [1.54, 1.807) is 5.57 Å². The van der Waals surface area contributed by atoms with Crippen molar-refractivity contribution in [1.82, 2.24) is 0 Å². The summed E-state index contributed by atoms with van der Waals surface area (Å²) in [5, 5.41) is 20.5. The molecule has 2 N–H and O–H groups in total. The summed E-state index contributed by atoms with van der Waals surface area (Å²) >= 11 is 0. The van der Waals surface area contributed by atoms with Crippen molar-refractivity contribution in [3.63, 3.8) is 0 Å². The molecule has 3 fully saturated rings. The monoisotopic (exact) mass is 400 g/mol. The third-order valence-electron chi connectivity index (χ3n) is 9.99. The average molecular weight is 401 g/mol. The number of hydrogen-bond donors (Lipinski definition) is 2. The van der Waals surface area contributed by atoms with E-state index in [0.717, 1.165) is 43.9 Å². The van der Waals surface area contributed by atoms with Crippen molar-refractivity contribution in [2.75, 3.05) is 0 Å². The Morgan fingerprint density at radius 3 is 2.45 bits per heavy atom. The molecule has 0 heterocycles. The van der Waals surface area contributed by atoms with E-state index in [9.17, 15) is 10.2 Å². The second kappa shape index (κ2) is 7.83. The minimum atomic E-state index is -0.149. The molecule has 2 unspecified atom stereocenters. The van der Waals surface area contributed by atoms with Crippen molar-refractivity contribution >= 4 is 0 Å². The molecule has 0 aromatic carbocycles. The molecule has 4 rings (SSSR count). The van der Waals surface area contributed by atoms with E-state index in [1.165, 1.54) is 31.3 Å². The molecule has 8 atom stereocenters. The van der Waals surface area contributed by atoms with Crippen molar-refractivity contribution < 1.29 is 10.2 Å². The fourth-order valence-electron chi connectivity index (χ4n) is 7.93. The van der Waals surface area contributed by atoms with Crippen LogP contribution < -0.4 is 0 Å². The number of aliphatic hydroxyl groups is 2. The molecule has 2 heteroatoms. The van der Waals surface area contributed by atoms with E-state index in [1.807, 2.05) is 0 Å². The van der Waals surface area contributed by atoms with Gasteiger partial charge in [0.05, 0.1) is 12.2 Å². The Balaban J connectivity index is 1.52. The predicted octanol–water partition coefficient (Wildman–Crippen LogP) is 6.28. The molecule has 0 saturated heterocycles. The molecule has 0 aromatic rings. The van der Waals surface area contributed by atoms with E-state index in [-0.39, 0.29) is 17.6 Å². The first kappa shape index (κ1) is 21.6. The summed E-state index contributed by atoms with van der Waals surface area (Å²) in [6.45, 7) is 11.8. The summed E-state index contributed by atoms with van der Waals surface area (Å²) in [5.74, 6) is 3.30. The van der Waals surface area contributed by atoms with Gasteiger partial charge in [0.15, 0.2) is 0 Å². The van der Waals surface area contributed by atoms with Crippen LogP contribution in [-0.2, 0) is 0 Å². The van der Waals surface area contributed by atoms with Gasteiger partial charge in [-0.2, -0.15) is 0 Å². The Morgan fingerprint density at radius 1 is 0.966 bits per heavy atom. The first-order valence-corrected chi connectivity index (χ1v) is 12.4. The van der Waals surface area contributed by atoms with Crippen LogP contribution in [-0.4, -0.2) is 22.4 Å². The smallest absolute Gasteiger partial charge is 0.0578 e. The maximum absolute atomic E-state index is 10.3. The lowest BCUT2D eigenvalue weighted by Crippen LogP contribution is -2.46. The van der Waals surface area contributed by atoms with Crippen LogP contribution in [0.4, 0.5) is 0 Å². The Kier molecular flexibility index (Phi) is 5.84. The fourth-order valence-corrected chi connectivity index (χ4v) is 7.93. The second-order valence-electron chi connectivity index (χ2n) is 11.9. The van der Waals surface area contributed by atoms with Gasteiger partial charge < -0.3 is 10.2 Å². The van der Waals surface area contributed by atoms with Gasteiger partial charge in [-0.3, -0.25) is 0 Å². The molecular weight excluding hydrogens is 356 g/mol. The standard InChI is InChI=1S/C27H44O2/c1-17(2)25(29)11-6-18(3)22-9-10-23-21-8-7-19-16-20(28)12-14-26(19,4)24(21)13-15-27(22,23)5/h7-8,17-18,20,22-25,28-29H,6,9-16H2,1-5H3/t18?,20-,22+,23-,24+,25-,26?,27+/m0/s1. The molecule has 164 valence electrons. The number of aliphatic hydroxyl groups excluding tert-OH is 2. The van der Waals surface area contributed by atoms with Crippen LogP contribution in [0, 0.1) is 40.4 Å². The Labute approximate surface area is 178 Å². The van der Waals surface area contributed by atoms with Gasteiger partial charge in [-0.05, 0) is 98.2 Å². The molecule has 0 aromatic heterocycles. The molecule has 0 amide bonds. The molecule has 4 aliphatic carbocycles. The minimum absolute atomic E-state index is 0.129. The number of allylic oxidation sites excluding steroid dienone is 3. The highest BCUT2D eigenvalue weighted by Crippen LogP contribution is 2.66. The van der Waals surface area contributed by atoms with E-state index in [2.05, 4.69) is 46.8 Å². The van der Waals surface area contributed by atoms with Crippen molar-refractivity contribution in [2.24, 2.45) is 40.4 Å². The topological polar surface area (TPSA) is 40.5 Å². The molecular formula is C27H44O2. The largest absolute Gasteiger partial charge is 0.393 e. The summed E-state index contributed by atoms with van der Waals surface area (Å²) < 4.78 is 0. The highest BCUT2D eigenvalue weighted by atomic mass is 16.3. The van der Waals surface area contributed by atoms with Gasteiger partial charge in [0.1, 0.15) is 0 Å². The minimum Gasteiger partial charge on any atom is -0.393 e. The third-order valence-corrected chi connectivity index (χ3v) is 9.99. The molecule has 2 nitrogen and oxygen atoms in total. The zero-order valence-electron chi connectivity index (χ0n) is 19.5. The van der Waals surface area contributed by atoms with Crippen molar-refractivity contribution in [3.05, 3.63) is 23.3 Å². The van der Waals surface area contributed by atoms with Crippen molar-refractivity contribution in [2.45, 2.75) is 105 Å². The van der Waals surface area contributed by atoms with E-state index in [4.69, 9.17) is 0 Å². The van der Waals surface area contributed by atoms with Gasteiger partial charge in [0.25, 0.3) is 0 Å². The first-order chi connectivity index (χ1) is 13.7. The SMILES string of the molecule is CC(CC[C@H](O)C(C)C)[C@H]1CC[C@H]2C3=CC=C4C[C@@H](O)CCC4(C)[C@@H]3CC[C@]12C. The van der Waals surface area contributed by atoms with Crippen LogP contribution >= 0.6 is 0 Å². The second-order valence-corrected chi connectivity index (χ2v) is 11.9. The first-order valence-electron chi connectivity index (χ1n) is 12.4. The molecule has 0 bridgehead atoms. The summed E-state index contributed by atoms with van der Waals surface area (Å²) in [7, 11) is 0. The highest BCUT2D eigenvalue weighted by molar-refractivity contribution is 5.38. The third kappa shape index (κ3) is 3.57. The molecule has 29 heavy (non-hydrogen) atoms. The summed E-state index contributed by atoms with van der Waals surface area (Å²) in [6, 6.07) is 0. The van der Waals surface area contributed by atoms with Crippen LogP contribution in [0.15, 0.2) is 23.3 Å². The lowest BCUT2D eigenvalue weighted by Gasteiger charge is -2.55. The van der Waals surface area contributed by atoms with Crippen LogP contribution in [0.3, 0.4) is 0 Å². The lowest BCUT2D eigenvalue weighted by atomic mass is 9.50. The van der Waals surface area contributed by atoms with Gasteiger partial charge in [-0.15, -0.1) is 0 Å². The van der Waals surface area contributed by atoms with Crippen LogP contribution in [0.25, 0.3) is 0 Å². The van der Waals surface area contributed by atoms with Gasteiger partial charge in [0, 0.05) is 0 Å². The van der Waals surface area contributed by atoms with E-state index >= 15 is 0 Å².